The van der Waals surface area contributed by atoms with Gasteiger partial charge in [-0.15, -0.1) is 0 Å². The molecule has 0 aromatic heterocycles. The summed E-state index contributed by atoms with van der Waals surface area (Å²) in [6, 6.07) is 0.542. The van der Waals surface area contributed by atoms with Gasteiger partial charge in [-0.2, -0.15) is 0 Å². The van der Waals surface area contributed by atoms with Crippen LogP contribution in [0.3, 0.4) is 0 Å². The Bertz CT molecular complexity index is 293. The Morgan fingerprint density at radius 3 is 2.55 bits per heavy atom. The average molecular weight is 281 g/mol. The van der Waals surface area contributed by atoms with Crippen molar-refractivity contribution in [2.75, 3.05) is 14.2 Å². The highest BCUT2D eigenvalue weighted by molar-refractivity contribution is 5.01. The third-order valence-electron chi connectivity index (χ3n) is 6.20. The van der Waals surface area contributed by atoms with Gasteiger partial charge in [-0.25, -0.2) is 0 Å². The first-order valence-electron chi connectivity index (χ1n) is 8.89. The van der Waals surface area contributed by atoms with Gasteiger partial charge in [0.2, 0.25) is 0 Å². The fraction of sp³-hybridized carbons (Fsp3) is 1.00. The standard InChI is InChI=1S/C18H35NO/c1-5-15-10-6-7-11-16(15)17(19-3)18(20-4)12-8-9-14(2)13-18/h14-17,19H,5-13H2,1-4H3. The minimum Gasteiger partial charge on any atom is -0.377 e. The third-order valence-corrected chi connectivity index (χ3v) is 6.20. The van der Waals surface area contributed by atoms with E-state index in [2.05, 4.69) is 26.2 Å². The molecule has 2 aliphatic carbocycles. The van der Waals surface area contributed by atoms with E-state index in [1.54, 1.807) is 0 Å². The van der Waals surface area contributed by atoms with Gasteiger partial charge in [0, 0.05) is 13.2 Å². The Kier molecular flexibility index (Phi) is 5.92. The predicted molar refractivity (Wildman–Crippen MR) is 86.0 cm³/mol. The number of hydrogen-bond donors (Lipinski definition) is 1. The van der Waals surface area contributed by atoms with Gasteiger partial charge in [0.05, 0.1) is 5.60 Å². The zero-order valence-corrected chi connectivity index (χ0v) is 14.1. The van der Waals surface area contributed by atoms with Gasteiger partial charge in [0.1, 0.15) is 0 Å². The van der Waals surface area contributed by atoms with E-state index in [-0.39, 0.29) is 5.60 Å². The summed E-state index contributed by atoms with van der Waals surface area (Å²) in [6.45, 7) is 4.77. The molecule has 118 valence electrons. The highest BCUT2D eigenvalue weighted by Crippen LogP contribution is 2.44. The van der Waals surface area contributed by atoms with Crippen LogP contribution in [0.1, 0.15) is 71.6 Å². The van der Waals surface area contributed by atoms with Gasteiger partial charge in [0.15, 0.2) is 0 Å². The first-order chi connectivity index (χ1) is 9.66. The zero-order valence-electron chi connectivity index (χ0n) is 14.1. The van der Waals surface area contributed by atoms with Gasteiger partial charge < -0.3 is 10.1 Å². The summed E-state index contributed by atoms with van der Waals surface area (Å²) in [5.41, 5.74) is 0.0852. The molecule has 0 saturated heterocycles. The summed E-state index contributed by atoms with van der Waals surface area (Å²) in [6.07, 6.45) is 12.2. The molecule has 0 amide bonds. The maximum atomic E-state index is 6.19. The van der Waals surface area contributed by atoms with E-state index in [9.17, 15) is 0 Å². The summed E-state index contributed by atoms with van der Waals surface area (Å²) in [5.74, 6) is 2.51. The summed E-state index contributed by atoms with van der Waals surface area (Å²) in [4.78, 5) is 0. The molecule has 2 aliphatic rings. The van der Waals surface area contributed by atoms with Crippen molar-refractivity contribution in [1.82, 2.24) is 5.32 Å². The van der Waals surface area contributed by atoms with Gasteiger partial charge in [-0.3, -0.25) is 0 Å². The molecule has 2 fully saturated rings. The molecule has 20 heavy (non-hydrogen) atoms. The van der Waals surface area contributed by atoms with Crippen LogP contribution in [-0.2, 0) is 4.74 Å². The van der Waals surface area contributed by atoms with Crippen LogP contribution in [-0.4, -0.2) is 25.8 Å². The van der Waals surface area contributed by atoms with Gasteiger partial charge in [-0.05, 0) is 44.1 Å². The van der Waals surface area contributed by atoms with Gasteiger partial charge in [0.25, 0.3) is 0 Å². The van der Waals surface area contributed by atoms with Crippen LogP contribution >= 0.6 is 0 Å². The molecule has 1 N–H and O–H groups in total. The Hall–Kier alpha value is -0.0800. The van der Waals surface area contributed by atoms with E-state index in [0.29, 0.717) is 6.04 Å². The number of nitrogens with one attached hydrogen (secondary N) is 1. The van der Waals surface area contributed by atoms with Crippen molar-refractivity contribution in [1.29, 1.82) is 0 Å². The van der Waals surface area contributed by atoms with Gasteiger partial charge in [-0.1, -0.05) is 52.4 Å². The lowest BCUT2D eigenvalue weighted by molar-refractivity contribution is -0.101. The van der Waals surface area contributed by atoms with Crippen LogP contribution in [0.2, 0.25) is 0 Å². The lowest BCUT2D eigenvalue weighted by atomic mass is 9.65. The minimum absolute atomic E-state index is 0.0852. The first kappa shape index (κ1) is 16.3. The largest absolute Gasteiger partial charge is 0.377 e. The lowest BCUT2D eigenvalue weighted by Gasteiger charge is -2.50. The Morgan fingerprint density at radius 1 is 1.20 bits per heavy atom. The zero-order chi connectivity index (χ0) is 14.6. The Labute approximate surface area is 126 Å². The lowest BCUT2D eigenvalue weighted by Crippen LogP contribution is -2.58. The normalized spacial score (nSPS) is 40.5. The summed E-state index contributed by atoms with van der Waals surface area (Å²) < 4.78 is 6.19. The van der Waals surface area contributed by atoms with Crippen molar-refractivity contribution in [2.45, 2.75) is 83.3 Å². The molecule has 0 aliphatic heterocycles. The molecule has 2 saturated carbocycles. The van der Waals surface area contributed by atoms with Crippen LogP contribution in [0.15, 0.2) is 0 Å². The number of hydrogen-bond acceptors (Lipinski definition) is 2. The van der Waals surface area contributed by atoms with E-state index in [0.717, 1.165) is 17.8 Å². The van der Waals surface area contributed by atoms with Crippen LogP contribution in [0, 0.1) is 17.8 Å². The number of likely N-dealkylation sites (N-methyl/N-ethyl adjacent to an activating group) is 1. The molecule has 2 nitrogen and oxygen atoms in total. The molecule has 2 heteroatoms. The molecule has 5 atom stereocenters. The number of rotatable bonds is 5. The molecule has 0 spiro atoms. The van der Waals surface area contributed by atoms with E-state index in [1.807, 2.05) is 7.11 Å². The molecule has 0 heterocycles. The van der Waals surface area contributed by atoms with Crippen LogP contribution < -0.4 is 5.32 Å². The maximum absolute atomic E-state index is 6.19. The molecule has 0 aromatic carbocycles. The Balaban J connectivity index is 2.19. The van der Waals surface area contributed by atoms with Crippen molar-refractivity contribution in [3.63, 3.8) is 0 Å². The fourth-order valence-electron chi connectivity index (χ4n) is 5.19. The summed E-state index contributed by atoms with van der Waals surface area (Å²) in [5, 5.41) is 3.69. The second-order valence-electron chi connectivity index (χ2n) is 7.35. The van der Waals surface area contributed by atoms with Crippen LogP contribution in [0.25, 0.3) is 0 Å². The summed E-state index contributed by atoms with van der Waals surface area (Å²) >= 11 is 0. The van der Waals surface area contributed by atoms with Gasteiger partial charge >= 0.3 is 0 Å². The van der Waals surface area contributed by atoms with Crippen molar-refractivity contribution in [2.24, 2.45) is 17.8 Å². The second kappa shape index (κ2) is 7.26. The smallest absolute Gasteiger partial charge is 0.0836 e. The number of ether oxygens (including phenoxy) is 1. The van der Waals surface area contributed by atoms with Crippen molar-refractivity contribution >= 4 is 0 Å². The van der Waals surface area contributed by atoms with Crippen molar-refractivity contribution < 1.29 is 4.74 Å². The SMILES string of the molecule is CCC1CCCCC1C(NC)C1(OC)CCCC(C)C1. The molecule has 2 rings (SSSR count). The monoisotopic (exact) mass is 281 g/mol. The van der Waals surface area contributed by atoms with Crippen LogP contribution in [0.4, 0.5) is 0 Å². The second-order valence-corrected chi connectivity index (χ2v) is 7.35. The highest BCUT2D eigenvalue weighted by Gasteiger charge is 2.46. The van der Waals surface area contributed by atoms with E-state index in [4.69, 9.17) is 4.74 Å². The quantitative estimate of drug-likeness (QED) is 0.807. The maximum Gasteiger partial charge on any atom is 0.0836 e. The predicted octanol–water partition coefficient (Wildman–Crippen LogP) is 4.39. The molecule has 0 radical (unpaired) electrons. The molecular weight excluding hydrogens is 246 g/mol. The van der Waals surface area contributed by atoms with Crippen LogP contribution in [0.5, 0.6) is 0 Å². The minimum atomic E-state index is 0.0852. The van der Waals surface area contributed by atoms with E-state index in [1.165, 1.54) is 57.8 Å². The molecule has 5 unspecified atom stereocenters. The van der Waals surface area contributed by atoms with E-state index >= 15 is 0 Å². The first-order valence-corrected chi connectivity index (χ1v) is 8.89. The Morgan fingerprint density at radius 2 is 1.95 bits per heavy atom. The average Bonchev–Trinajstić information content (AvgIpc) is 2.48. The molecule has 0 aromatic rings. The van der Waals surface area contributed by atoms with Crippen molar-refractivity contribution in [3.05, 3.63) is 0 Å². The van der Waals surface area contributed by atoms with Crippen molar-refractivity contribution in [3.8, 4) is 0 Å². The fourth-order valence-corrected chi connectivity index (χ4v) is 5.19. The third kappa shape index (κ3) is 3.22. The molecule has 0 bridgehead atoms. The highest BCUT2D eigenvalue weighted by atomic mass is 16.5. The number of methoxy groups -OCH3 is 1. The summed E-state index contributed by atoms with van der Waals surface area (Å²) in [7, 11) is 4.11. The molecular formula is C18H35NO. The topological polar surface area (TPSA) is 21.3 Å². The van der Waals surface area contributed by atoms with E-state index < -0.39 is 0 Å².